The third-order valence-electron chi connectivity index (χ3n) is 5.52. The van der Waals surface area contributed by atoms with E-state index in [-0.39, 0.29) is 19.0 Å². The van der Waals surface area contributed by atoms with E-state index in [0.717, 1.165) is 22.4 Å². The van der Waals surface area contributed by atoms with Crippen molar-refractivity contribution in [3.05, 3.63) is 126 Å². The van der Waals surface area contributed by atoms with E-state index in [9.17, 15) is 4.79 Å². The molecule has 0 fully saturated rings. The third-order valence-corrected chi connectivity index (χ3v) is 5.52. The van der Waals surface area contributed by atoms with Gasteiger partial charge in [0.15, 0.2) is 0 Å². The third kappa shape index (κ3) is 4.90. The first kappa shape index (κ1) is 23.3. The zero-order chi connectivity index (χ0) is 21.5. The molecule has 6 heteroatoms. The SMILES string of the molecule is Cl.N[C@@H](Cc1c[nH]cn1)C(=O)OCC(c1ccccc1)(c1ccccc1)c1ccccc1. The molecule has 0 saturated heterocycles. The number of H-pyrrole nitrogens is 1. The molecule has 0 unspecified atom stereocenters. The standard InChI is InChI=1S/C26H25N3O2.ClH/c27-24(16-23-17-28-19-29-23)25(30)31-18-26(20-10-4-1-5-11-20,21-12-6-2-7-13-21)22-14-8-3-9-15-22;/h1-15,17,19,24H,16,18,27H2,(H,28,29);1H/t24-;/m0./s1. The van der Waals surface area contributed by atoms with Crippen LogP contribution in [-0.2, 0) is 21.4 Å². The van der Waals surface area contributed by atoms with Crippen LogP contribution in [0.4, 0.5) is 0 Å². The lowest BCUT2D eigenvalue weighted by atomic mass is 9.70. The summed E-state index contributed by atoms with van der Waals surface area (Å²) in [6.45, 7) is 0.137. The number of carbonyl (C=O) groups is 1. The number of aromatic amines is 1. The molecule has 1 aromatic heterocycles. The Hall–Kier alpha value is -3.41. The number of hydrogen-bond donors (Lipinski definition) is 2. The molecular weight excluding hydrogens is 422 g/mol. The van der Waals surface area contributed by atoms with Gasteiger partial charge in [-0.3, -0.25) is 4.79 Å². The Labute approximate surface area is 194 Å². The molecule has 0 radical (unpaired) electrons. The first-order valence-electron chi connectivity index (χ1n) is 10.3. The predicted octanol–water partition coefficient (Wildman–Crippen LogP) is 4.28. The van der Waals surface area contributed by atoms with Gasteiger partial charge in [-0.1, -0.05) is 91.0 Å². The summed E-state index contributed by atoms with van der Waals surface area (Å²) in [6, 6.07) is 29.6. The fourth-order valence-electron chi connectivity index (χ4n) is 3.92. The lowest BCUT2D eigenvalue weighted by Gasteiger charge is -2.35. The van der Waals surface area contributed by atoms with Gasteiger partial charge in [-0.25, -0.2) is 4.98 Å². The number of ether oxygens (including phenoxy) is 1. The number of carbonyl (C=O) groups excluding carboxylic acids is 1. The highest BCUT2D eigenvalue weighted by Crippen LogP contribution is 2.39. The van der Waals surface area contributed by atoms with Gasteiger partial charge in [-0.05, 0) is 16.7 Å². The van der Waals surface area contributed by atoms with Gasteiger partial charge in [0, 0.05) is 12.6 Å². The summed E-state index contributed by atoms with van der Waals surface area (Å²) in [6.07, 6.45) is 3.62. The van der Waals surface area contributed by atoms with Gasteiger partial charge in [-0.15, -0.1) is 12.4 Å². The van der Waals surface area contributed by atoms with Crippen LogP contribution in [0.2, 0.25) is 0 Å². The number of hydrogen-bond acceptors (Lipinski definition) is 4. The van der Waals surface area contributed by atoms with Crippen molar-refractivity contribution in [2.75, 3.05) is 6.61 Å². The van der Waals surface area contributed by atoms with Crippen LogP contribution in [0.15, 0.2) is 104 Å². The molecule has 32 heavy (non-hydrogen) atoms. The Balaban J connectivity index is 0.00000289. The summed E-state index contributed by atoms with van der Waals surface area (Å²) in [5.41, 5.74) is 9.32. The Kier molecular flexibility index (Phi) is 7.82. The molecule has 164 valence electrons. The number of imidazole rings is 1. The fraction of sp³-hybridized carbons (Fsp3) is 0.154. The molecule has 4 rings (SSSR count). The van der Waals surface area contributed by atoms with Crippen LogP contribution in [0.1, 0.15) is 22.4 Å². The number of benzene rings is 3. The van der Waals surface area contributed by atoms with Crippen LogP contribution < -0.4 is 5.73 Å². The van der Waals surface area contributed by atoms with E-state index in [1.807, 2.05) is 54.6 Å². The Bertz CT molecular complexity index is 991. The maximum atomic E-state index is 12.8. The second kappa shape index (κ2) is 10.8. The number of nitrogens with zero attached hydrogens (tertiary/aromatic N) is 1. The predicted molar refractivity (Wildman–Crippen MR) is 128 cm³/mol. The van der Waals surface area contributed by atoms with Crippen molar-refractivity contribution >= 4 is 18.4 Å². The minimum atomic E-state index is -0.789. The summed E-state index contributed by atoms with van der Waals surface area (Å²) in [5.74, 6) is -0.449. The molecule has 3 aromatic carbocycles. The molecule has 0 aliphatic carbocycles. The van der Waals surface area contributed by atoms with Crippen molar-refractivity contribution in [1.29, 1.82) is 0 Å². The van der Waals surface area contributed by atoms with E-state index in [1.165, 1.54) is 0 Å². The Morgan fingerprint density at radius 1 is 0.875 bits per heavy atom. The van der Waals surface area contributed by atoms with Crippen molar-refractivity contribution in [3.8, 4) is 0 Å². The average Bonchev–Trinajstić information content (AvgIpc) is 3.34. The van der Waals surface area contributed by atoms with Gasteiger partial charge in [0.25, 0.3) is 0 Å². The first-order chi connectivity index (χ1) is 15.2. The van der Waals surface area contributed by atoms with Gasteiger partial charge in [0.05, 0.1) is 17.4 Å². The lowest BCUT2D eigenvalue weighted by molar-refractivity contribution is -0.146. The van der Waals surface area contributed by atoms with Gasteiger partial charge in [-0.2, -0.15) is 0 Å². The zero-order valence-corrected chi connectivity index (χ0v) is 18.4. The van der Waals surface area contributed by atoms with Crippen LogP contribution in [0.5, 0.6) is 0 Å². The fourth-order valence-corrected chi connectivity index (χ4v) is 3.92. The topological polar surface area (TPSA) is 81.0 Å². The monoisotopic (exact) mass is 447 g/mol. The second-order valence-electron chi connectivity index (χ2n) is 7.48. The van der Waals surface area contributed by atoms with Crippen molar-refractivity contribution in [2.45, 2.75) is 17.9 Å². The van der Waals surface area contributed by atoms with E-state index in [1.54, 1.807) is 12.5 Å². The normalized spacial score (nSPS) is 11.9. The smallest absolute Gasteiger partial charge is 0.323 e. The number of nitrogens with two attached hydrogens (primary N) is 1. The molecular formula is C26H26ClN3O2. The van der Waals surface area contributed by atoms with E-state index in [4.69, 9.17) is 10.5 Å². The highest BCUT2D eigenvalue weighted by Gasteiger charge is 2.38. The van der Waals surface area contributed by atoms with Gasteiger partial charge >= 0.3 is 5.97 Å². The van der Waals surface area contributed by atoms with Crippen LogP contribution in [0.3, 0.4) is 0 Å². The van der Waals surface area contributed by atoms with Crippen molar-refractivity contribution < 1.29 is 9.53 Å². The van der Waals surface area contributed by atoms with Gasteiger partial charge in [0.1, 0.15) is 12.6 Å². The second-order valence-corrected chi connectivity index (χ2v) is 7.48. The Morgan fingerprint density at radius 3 is 1.75 bits per heavy atom. The molecule has 4 aromatic rings. The van der Waals surface area contributed by atoms with Crippen LogP contribution in [-0.4, -0.2) is 28.6 Å². The molecule has 3 N–H and O–H groups in total. The van der Waals surface area contributed by atoms with E-state index in [2.05, 4.69) is 46.4 Å². The Morgan fingerprint density at radius 2 is 1.34 bits per heavy atom. The van der Waals surface area contributed by atoms with Crippen LogP contribution in [0.25, 0.3) is 0 Å². The van der Waals surface area contributed by atoms with Crippen molar-refractivity contribution in [3.63, 3.8) is 0 Å². The van der Waals surface area contributed by atoms with E-state index in [0.29, 0.717) is 6.42 Å². The molecule has 0 aliphatic heterocycles. The van der Waals surface area contributed by atoms with Gasteiger partial charge < -0.3 is 15.5 Å². The largest absolute Gasteiger partial charge is 0.463 e. The first-order valence-corrected chi connectivity index (χ1v) is 10.3. The molecule has 5 nitrogen and oxygen atoms in total. The number of rotatable bonds is 8. The maximum absolute atomic E-state index is 12.8. The average molecular weight is 448 g/mol. The van der Waals surface area contributed by atoms with Crippen LogP contribution in [0, 0.1) is 0 Å². The number of aromatic nitrogens is 2. The van der Waals surface area contributed by atoms with Crippen LogP contribution >= 0.6 is 12.4 Å². The molecule has 0 aliphatic rings. The van der Waals surface area contributed by atoms with Gasteiger partial charge in [0.2, 0.25) is 0 Å². The molecule has 0 amide bonds. The molecule has 0 spiro atoms. The number of nitrogens with one attached hydrogen (secondary N) is 1. The number of halogens is 1. The highest BCUT2D eigenvalue weighted by atomic mass is 35.5. The quantitative estimate of drug-likeness (QED) is 0.312. The summed E-state index contributed by atoms with van der Waals surface area (Å²) >= 11 is 0. The maximum Gasteiger partial charge on any atom is 0.323 e. The molecule has 0 saturated carbocycles. The minimum Gasteiger partial charge on any atom is -0.463 e. The minimum absolute atomic E-state index is 0. The summed E-state index contributed by atoms with van der Waals surface area (Å²) < 4.78 is 5.88. The summed E-state index contributed by atoms with van der Waals surface area (Å²) in [4.78, 5) is 19.8. The highest BCUT2D eigenvalue weighted by molar-refractivity contribution is 5.85. The summed E-state index contributed by atoms with van der Waals surface area (Å²) in [5, 5.41) is 0. The van der Waals surface area contributed by atoms with E-state index >= 15 is 0 Å². The van der Waals surface area contributed by atoms with E-state index < -0.39 is 17.4 Å². The molecule has 1 atom stereocenters. The molecule has 1 heterocycles. The van der Waals surface area contributed by atoms with Crippen molar-refractivity contribution in [2.24, 2.45) is 5.73 Å². The van der Waals surface area contributed by atoms with Crippen molar-refractivity contribution in [1.82, 2.24) is 9.97 Å². The lowest BCUT2D eigenvalue weighted by Crippen LogP contribution is -2.40. The molecule has 0 bridgehead atoms. The zero-order valence-electron chi connectivity index (χ0n) is 17.6. The summed E-state index contributed by atoms with van der Waals surface area (Å²) in [7, 11) is 0. The number of esters is 1.